The molecular formula is C20H27N5O2. The highest BCUT2D eigenvalue weighted by Crippen LogP contribution is 2.23. The number of amides is 1. The number of likely N-dealkylation sites (tertiary alicyclic amines) is 1. The number of nitrogen functional groups attached to an aromatic ring is 1. The molecule has 1 fully saturated rings. The molecule has 1 aliphatic rings. The molecule has 3 rings (SSSR count). The van der Waals surface area contributed by atoms with Gasteiger partial charge in [-0.1, -0.05) is 12.1 Å². The Morgan fingerprint density at radius 3 is 2.89 bits per heavy atom. The molecule has 1 unspecified atom stereocenters. The zero-order valence-electron chi connectivity index (χ0n) is 16.0. The highest BCUT2D eigenvalue weighted by molar-refractivity contribution is 5.96. The summed E-state index contributed by atoms with van der Waals surface area (Å²) in [5.41, 5.74) is 6.37. The van der Waals surface area contributed by atoms with Gasteiger partial charge < -0.3 is 15.4 Å². The van der Waals surface area contributed by atoms with Crippen LogP contribution >= 0.6 is 0 Å². The molecule has 1 atom stereocenters. The van der Waals surface area contributed by atoms with Gasteiger partial charge in [-0.05, 0) is 44.5 Å². The topological polar surface area (TPSA) is 84.6 Å². The molecule has 0 aliphatic carbocycles. The second-order valence-corrected chi connectivity index (χ2v) is 6.89. The summed E-state index contributed by atoms with van der Waals surface area (Å²) in [4.78, 5) is 25.7. The second kappa shape index (κ2) is 8.81. The normalized spacial score (nSPS) is 17.6. The zero-order chi connectivity index (χ0) is 19.2. The van der Waals surface area contributed by atoms with E-state index in [0.717, 1.165) is 38.2 Å². The number of methoxy groups -OCH3 is 1. The molecule has 1 amide bonds. The van der Waals surface area contributed by atoms with Crippen LogP contribution < -0.4 is 10.5 Å². The van der Waals surface area contributed by atoms with Crippen molar-refractivity contribution in [1.29, 1.82) is 0 Å². The molecule has 1 aromatic carbocycles. The average molecular weight is 369 g/mol. The summed E-state index contributed by atoms with van der Waals surface area (Å²) < 4.78 is 5.34. The molecule has 1 aliphatic heterocycles. The third-order valence-corrected chi connectivity index (χ3v) is 5.06. The minimum Gasteiger partial charge on any atom is -0.496 e. The molecule has 1 saturated heterocycles. The summed E-state index contributed by atoms with van der Waals surface area (Å²) in [6, 6.07) is 9.47. The van der Waals surface area contributed by atoms with Crippen LogP contribution in [0.15, 0.2) is 36.5 Å². The van der Waals surface area contributed by atoms with Crippen LogP contribution in [0.2, 0.25) is 0 Å². The van der Waals surface area contributed by atoms with Gasteiger partial charge in [0.1, 0.15) is 17.4 Å². The Morgan fingerprint density at radius 2 is 2.11 bits per heavy atom. The smallest absolute Gasteiger partial charge is 0.257 e. The van der Waals surface area contributed by atoms with Crippen LogP contribution in [0.3, 0.4) is 0 Å². The van der Waals surface area contributed by atoms with Crippen molar-refractivity contribution >= 4 is 11.7 Å². The van der Waals surface area contributed by atoms with E-state index in [9.17, 15) is 4.79 Å². The van der Waals surface area contributed by atoms with Crippen molar-refractivity contribution < 1.29 is 9.53 Å². The molecule has 0 spiro atoms. The summed E-state index contributed by atoms with van der Waals surface area (Å²) >= 11 is 0. The van der Waals surface area contributed by atoms with Crippen LogP contribution in [0.4, 0.5) is 5.82 Å². The molecule has 2 heterocycles. The Bertz CT molecular complexity index is 782. The van der Waals surface area contributed by atoms with Crippen LogP contribution in [-0.2, 0) is 6.54 Å². The number of carbonyl (C=O) groups excluding carboxylic acids is 1. The number of hydrogen-bond donors (Lipinski definition) is 1. The van der Waals surface area contributed by atoms with Gasteiger partial charge in [0.2, 0.25) is 0 Å². The van der Waals surface area contributed by atoms with Crippen LogP contribution in [0.5, 0.6) is 5.75 Å². The van der Waals surface area contributed by atoms with Crippen LogP contribution in [0.25, 0.3) is 0 Å². The number of nitrogens with two attached hydrogens (primary N) is 1. The molecule has 0 radical (unpaired) electrons. The van der Waals surface area contributed by atoms with Crippen LogP contribution in [0.1, 0.15) is 35.4 Å². The standard InChI is InChI=1S/C20H27N5O2/c1-24(14-19-22-11-9-18(21)23-19)15-6-5-12-25(13-10-15)20(26)16-7-3-4-8-17(16)27-2/h3-4,7-9,11,15H,5-6,10,12-14H2,1-2H3,(H2,21,22,23). The number of hydrogen-bond acceptors (Lipinski definition) is 6. The van der Waals surface area contributed by atoms with Crippen molar-refractivity contribution in [3.05, 3.63) is 47.9 Å². The largest absolute Gasteiger partial charge is 0.496 e. The van der Waals surface area contributed by atoms with E-state index in [-0.39, 0.29) is 5.91 Å². The third-order valence-electron chi connectivity index (χ3n) is 5.06. The Kier molecular flexibility index (Phi) is 6.24. The number of benzene rings is 1. The number of aromatic nitrogens is 2. The van der Waals surface area contributed by atoms with Crippen molar-refractivity contribution in [3.63, 3.8) is 0 Å². The van der Waals surface area contributed by atoms with E-state index in [0.29, 0.717) is 29.7 Å². The second-order valence-electron chi connectivity index (χ2n) is 6.89. The molecule has 2 aromatic rings. The lowest BCUT2D eigenvalue weighted by atomic mass is 10.1. The van der Waals surface area contributed by atoms with Gasteiger partial charge in [0.15, 0.2) is 0 Å². The van der Waals surface area contributed by atoms with E-state index in [2.05, 4.69) is 21.9 Å². The fourth-order valence-electron chi connectivity index (χ4n) is 3.56. The summed E-state index contributed by atoms with van der Waals surface area (Å²) in [5.74, 6) is 1.88. The number of anilines is 1. The number of para-hydroxylation sites is 1. The molecule has 144 valence electrons. The molecule has 7 heteroatoms. The summed E-state index contributed by atoms with van der Waals surface area (Å²) in [6.45, 7) is 2.13. The first-order valence-corrected chi connectivity index (χ1v) is 9.28. The molecule has 0 bridgehead atoms. The van der Waals surface area contributed by atoms with E-state index in [1.807, 2.05) is 29.2 Å². The number of nitrogens with zero attached hydrogens (tertiary/aromatic N) is 4. The lowest BCUT2D eigenvalue weighted by molar-refractivity contribution is 0.0754. The van der Waals surface area contributed by atoms with Crippen molar-refractivity contribution in [2.24, 2.45) is 0 Å². The van der Waals surface area contributed by atoms with Crippen molar-refractivity contribution in [1.82, 2.24) is 19.8 Å². The fraction of sp³-hybridized carbons (Fsp3) is 0.450. The van der Waals surface area contributed by atoms with Crippen molar-refractivity contribution in [2.75, 3.05) is 33.0 Å². The lowest BCUT2D eigenvalue weighted by Crippen LogP contribution is -2.35. The predicted molar refractivity (Wildman–Crippen MR) is 104 cm³/mol. The highest BCUT2D eigenvalue weighted by Gasteiger charge is 2.25. The SMILES string of the molecule is COc1ccccc1C(=O)N1CCCC(N(C)Cc2nccc(N)n2)CC1. The minimum atomic E-state index is 0.0370. The highest BCUT2D eigenvalue weighted by atomic mass is 16.5. The summed E-state index contributed by atoms with van der Waals surface area (Å²) in [7, 11) is 3.67. The Balaban J connectivity index is 1.62. The van der Waals surface area contributed by atoms with Gasteiger partial charge in [-0.25, -0.2) is 9.97 Å². The van der Waals surface area contributed by atoms with Crippen LogP contribution in [-0.4, -0.2) is 59.0 Å². The molecule has 27 heavy (non-hydrogen) atoms. The molecule has 2 N–H and O–H groups in total. The van der Waals surface area contributed by atoms with Crippen molar-refractivity contribution in [3.8, 4) is 5.75 Å². The maximum atomic E-state index is 12.9. The van der Waals surface area contributed by atoms with Gasteiger partial charge in [0.05, 0.1) is 19.2 Å². The van der Waals surface area contributed by atoms with Gasteiger partial charge >= 0.3 is 0 Å². The molecule has 0 saturated carbocycles. The molecule has 7 nitrogen and oxygen atoms in total. The van der Waals surface area contributed by atoms with Gasteiger partial charge in [-0.15, -0.1) is 0 Å². The van der Waals surface area contributed by atoms with E-state index < -0.39 is 0 Å². The van der Waals surface area contributed by atoms with E-state index in [1.54, 1.807) is 19.4 Å². The Morgan fingerprint density at radius 1 is 1.30 bits per heavy atom. The molecule has 1 aromatic heterocycles. The predicted octanol–water partition coefficient (Wildman–Crippen LogP) is 2.19. The zero-order valence-corrected chi connectivity index (χ0v) is 16.0. The first-order chi connectivity index (χ1) is 13.1. The van der Waals surface area contributed by atoms with Gasteiger partial charge in [-0.3, -0.25) is 9.69 Å². The lowest BCUT2D eigenvalue weighted by Gasteiger charge is -2.26. The van der Waals surface area contributed by atoms with Gasteiger partial charge in [0.25, 0.3) is 5.91 Å². The quantitative estimate of drug-likeness (QED) is 0.870. The maximum absolute atomic E-state index is 12.9. The van der Waals surface area contributed by atoms with Crippen molar-refractivity contribution in [2.45, 2.75) is 31.8 Å². The van der Waals surface area contributed by atoms with Crippen LogP contribution in [0, 0.1) is 0 Å². The van der Waals surface area contributed by atoms with E-state index >= 15 is 0 Å². The molecular weight excluding hydrogens is 342 g/mol. The monoisotopic (exact) mass is 369 g/mol. The number of rotatable bonds is 5. The average Bonchev–Trinajstić information content (AvgIpc) is 2.94. The Hall–Kier alpha value is -2.67. The minimum absolute atomic E-state index is 0.0370. The first kappa shape index (κ1) is 19.1. The summed E-state index contributed by atoms with van der Waals surface area (Å²) in [5, 5.41) is 0. The number of carbonyl (C=O) groups is 1. The van der Waals surface area contributed by atoms with Gasteiger partial charge in [-0.2, -0.15) is 0 Å². The third kappa shape index (κ3) is 4.74. The maximum Gasteiger partial charge on any atom is 0.257 e. The van der Waals surface area contributed by atoms with E-state index in [1.165, 1.54) is 0 Å². The van der Waals surface area contributed by atoms with Gasteiger partial charge in [0, 0.05) is 25.3 Å². The number of ether oxygens (including phenoxy) is 1. The van der Waals surface area contributed by atoms with E-state index in [4.69, 9.17) is 10.5 Å². The Labute approximate surface area is 160 Å². The summed E-state index contributed by atoms with van der Waals surface area (Å²) in [6.07, 6.45) is 4.61. The first-order valence-electron chi connectivity index (χ1n) is 9.28. The fourth-order valence-corrected chi connectivity index (χ4v) is 3.56.